The number of ether oxygens (including phenoxy) is 42. The molecule has 0 atom stereocenters. The molecule has 814 valence electrons. The second-order valence-corrected chi connectivity index (χ2v) is 28.3. The summed E-state index contributed by atoms with van der Waals surface area (Å²) in [6, 6.07) is 0. The van der Waals surface area contributed by atoms with Crippen LogP contribution in [-0.4, -0.2) is 555 Å². The Labute approximate surface area is 811 Å². The Bertz CT molecular complexity index is 2000. The first kappa shape index (κ1) is 133. The zero-order valence-corrected chi connectivity index (χ0v) is 83.2. The van der Waals surface area contributed by atoms with E-state index in [-0.39, 0.29) is 25.2 Å². The van der Waals surface area contributed by atoms with Gasteiger partial charge < -0.3 is 199 Å². The highest BCUT2D eigenvalue weighted by molar-refractivity contribution is 5.69. The van der Waals surface area contributed by atoms with Crippen LogP contribution < -0.4 is 0 Å². The van der Waals surface area contributed by atoms with E-state index in [0.29, 0.717) is 528 Å². The van der Waals surface area contributed by atoms with Crippen molar-refractivity contribution in [3.8, 4) is 0 Å². The maximum Gasteiger partial charge on any atom is 0.305 e. The van der Waals surface area contributed by atoms with Gasteiger partial charge in [0.2, 0.25) is 0 Å². The van der Waals surface area contributed by atoms with Crippen molar-refractivity contribution in [1.29, 1.82) is 0 Å². The maximum atomic E-state index is 12.1. The molecule has 0 spiro atoms. The molecule has 0 fully saturated rings. The SMILES string of the molecule is COCCOCCOCCOCCOCCOCCOCCOCCOCCOCCOCCOCCOCCOCCOCCOCCOCCOCCOCCOCCOC(=O)CCCCCCCCC(=O)OCCOCCOCCOCCOCCOCCOCCOCCOCCOCCOCCOCCOCCOCCOCCOCCOCCOCCOCCOCCOC. The van der Waals surface area contributed by atoms with Crippen molar-refractivity contribution in [2.45, 2.75) is 51.4 Å². The Morgan fingerprint density at radius 3 is 0.265 bits per heavy atom. The molecule has 0 amide bonds. The maximum absolute atomic E-state index is 12.1. The third kappa shape index (κ3) is 127. The van der Waals surface area contributed by atoms with Gasteiger partial charge in [-0.15, -0.1) is 0 Å². The summed E-state index contributed by atoms with van der Waals surface area (Å²) in [5.41, 5.74) is 0. The van der Waals surface area contributed by atoms with Gasteiger partial charge in [-0.1, -0.05) is 25.7 Å². The van der Waals surface area contributed by atoms with Gasteiger partial charge in [-0.2, -0.15) is 0 Å². The smallest absolute Gasteiger partial charge is 0.305 e. The predicted molar refractivity (Wildman–Crippen MR) is 494 cm³/mol. The second kappa shape index (κ2) is 128. The van der Waals surface area contributed by atoms with Crippen LogP contribution >= 0.6 is 0 Å². The van der Waals surface area contributed by atoms with Crippen molar-refractivity contribution in [2.75, 3.05) is 543 Å². The number of unbranched alkanes of at least 4 members (excludes halogenated alkanes) is 5. The highest BCUT2D eigenvalue weighted by Crippen LogP contribution is 2.10. The normalized spacial score (nSPS) is 11.8. The molecular weight excluding hydrogens is 1810 g/mol. The largest absolute Gasteiger partial charge is 0.463 e. The average Bonchev–Trinajstić information content (AvgIpc) is 1.04. The molecular formula is C92H182O44. The quantitative estimate of drug-likeness (QED) is 0.0623. The second-order valence-electron chi connectivity index (χ2n) is 28.3. The molecule has 0 aromatic rings. The topological polar surface area (TPSA) is 422 Å². The number of hydrogen-bond acceptors (Lipinski definition) is 44. The minimum atomic E-state index is -0.233. The van der Waals surface area contributed by atoms with E-state index in [4.69, 9.17) is 199 Å². The van der Waals surface area contributed by atoms with Gasteiger partial charge in [0, 0.05) is 27.1 Å². The first-order chi connectivity index (χ1) is 67.7. The highest BCUT2D eigenvalue weighted by atomic mass is 16.7. The van der Waals surface area contributed by atoms with Crippen LogP contribution in [0.15, 0.2) is 0 Å². The molecule has 0 heterocycles. The molecule has 0 bridgehead atoms. The van der Waals surface area contributed by atoms with Crippen molar-refractivity contribution in [3.05, 3.63) is 0 Å². The zero-order chi connectivity index (χ0) is 97.1. The third-order valence-electron chi connectivity index (χ3n) is 17.2. The summed E-state index contributed by atoms with van der Waals surface area (Å²) in [6.07, 6.45) is 6.04. The fourth-order valence-corrected chi connectivity index (χ4v) is 10.2. The van der Waals surface area contributed by atoms with Gasteiger partial charge in [-0.25, -0.2) is 0 Å². The number of carbonyl (C=O) groups excluding carboxylic acids is 2. The summed E-state index contributed by atoms with van der Waals surface area (Å²) in [4.78, 5) is 24.2. The molecule has 136 heavy (non-hydrogen) atoms. The van der Waals surface area contributed by atoms with Gasteiger partial charge in [0.1, 0.15) is 13.2 Å². The lowest BCUT2D eigenvalue weighted by Gasteiger charge is -2.09. The molecule has 44 nitrogen and oxygen atoms in total. The Morgan fingerprint density at radius 1 is 0.103 bits per heavy atom. The molecule has 0 rings (SSSR count). The fourth-order valence-electron chi connectivity index (χ4n) is 10.2. The summed E-state index contributed by atoms with van der Waals surface area (Å²) < 4.78 is 230. The lowest BCUT2D eigenvalue weighted by atomic mass is 10.1. The van der Waals surface area contributed by atoms with E-state index < -0.39 is 0 Å². The molecule has 0 aromatic heterocycles. The van der Waals surface area contributed by atoms with Gasteiger partial charge in [0.05, 0.1) is 515 Å². The van der Waals surface area contributed by atoms with Crippen LogP contribution in [0.3, 0.4) is 0 Å². The van der Waals surface area contributed by atoms with E-state index in [1.54, 1.807) is 14.2 Å². The molecule has 0 saturated heterocycles. The number of esters is 2. The molecule has 0 aromatic carbocycles. The molecule has 0 saturated carbocycles. The molecule has 0 radical (unpaired) electrons. The lowest BCUT2D eigenvalue weighted by Crippen LogP contribution is -2.16. The summed E-state index contributed by atoms with van der Waals surface area (Å²) in [6.45, 7) is 37.6. The van der Waals surface area contributed by atoms with Crippen molar-refractivity contribution >= 4 is 11.9 Å². The number of carbonyl (C=O) groups is 2. The van der Waals surface area contributed by atoms with Crippen LogP contribution in [-0.2, 0) is 209 Å². The standard InChI is InChI=1S/C92H182O44/c1-95-11-13-97-15-17-99-19-21-101-23-25-103-27-29-105-31-33-107-35-37-109-39-41-111-43-45-113-47-49-115-51-53-117-55-57-119-59-61-121-63-65-123-67-69-125-71-73-127-75-77-129-79-81-131-83-85-133-87-89-135-91(93)9-7-5-3-4-6-8-10-92(94)136-90-88-134-86-84-132-82-80-130-78-76-128-74-72-126-70-68-124-66-64-122-62-60-120-58-56-118-54-52-116-50-48-114-46-44-112-42-40-110-38-36-108-34-32-106-30-28-104-26-24-102-22-20-100-18-16-98-14-12-96-2/h3-90H2,1-2H3. The van der Waals surface area contributed by atoms with Gasteiger partial charge in [0.15, 0.2) is 0 Å². The summed E-state index contributed by atoms with van der Waals surface area (Å²) in [5.74, 6) is -0.467. The van der Waals surface area contributed by atoms with Crippen LogP contribution in [0.5, 0.6) is 0 Å². The van der Waals surface area contributed by atoms with Gasteiger partial charge >= 0.3 is 11.9 Å². The molecule has 0 aliphatic heterocycles. The van der Waals surface area contributed by atoms with Crippen molar-refractivity contribution in [1.82, 2.24) is 0 Å². The van der Waals surface area contributed by atoms with Crippen LogP contribution in [0.4, 0.5) is 0 Å². The fraction of sp³-hybridized carbons (Fsp3) is 0.978. The van der Waals surface area contributed by atoms with Gasteiger partial charge in [0.25, 0.3) is 0 Å². The monoisotopic (exact) mass is 1990 g/mol. The number of hydrogen-bond donors (Lipinski definition) is 0. The first-order valence-electron chi connectivity index (χ1n) is 48.9. The Morgan fingerprint density at radius 2 is 0.176 bits per heavy atom. The molecule has 0 aliphatic rings. The van der Waals surface area contributed by atoms with E-state index in [1.807, 2.05) is 0 Å². The van der Waals surface area contributed by atoms with E-state index in [0.717, 1.165) is 38.5 Å². The molecule has 0 aliphatic carbocycles. The van der Waals surface area contributed by atoms with Crippen LogP contribution in [0.25, 0.3) is 0 Å². The lowest BCUT2D eigenvalue weighted by molar-refractivity contribution is -0.146. The summed E-state index contributed by atoms with van der Waals surface area (Å²) in [7, 11) is 3.28. The highest BCUT2D eigenvalue weighted by Gasteiger charge is 2.09. The van der Waals surface area contributed by atoms with E-state index in [1.165, 1.54) is 0 Å². The van der Waals surface area contributed by atoms with E-state index in [9.17, 15) is 9.59 Å². The molecule has 0 unspecified atom stereocenters. The summed E-state index contributed by atoms with van der Waals surface area (Å²) in [5, 5.41) is 0. The Hall–Kier alpha value is -2.66. The van der Waals surface area contributed by atoms with Crippen LogP contribution in [0.1, 0.15) is 51.4 Å². The van der Waals surface area contributed by atoms with Crippen molar-refractivity contribution in [3.63, 3.8) is 0 Å². The third-order valence-corrected chi connectivity index (χ3v) is 17.2. The average molecular weight is 1990 g/mol. The van der Waals surface area contributed by atoms with Crippen molar-refractivity contribution in [2.24, 2.45) is 0 Å². The van der Waals surface area contributed by atoms with Gasteiger partial charge in [-0.3, -0.25) is 9.59 Å². The van der Waals surface area contributed by atoms with E-state index >= 15 is 0 Å². The van der Waals surface area contributed by atoms with Gasteiger partial charge in [-0.05, 0) is 12.8 Å². The van der Waals surface area contributed by atoms with Crippen molar-refractivity contribution < 1.29 is 209 Å². The van der Waals surface area contributed by atoms with E-state index in [2.05, 4.69) is 0 Å². The summed E-state index contributed by atoms with van der Waals surface area (Å²) >= 11 is 0. The predicted octanol–water partition coefficient (Wildman–Crippen LogP) is 3.12. The Balaban J connectivity index is 3.18. The first-order valence-corrected chi connectivity index (χ1v) is 48.9. The Kier molecular flexibility index (Phi) is 126. The van der Waals surface area contributed by atoms with Crippen LogP contribution in [0, 0.1) is 0 Å². The number of rotatable bonds is 129. The minimum Gasteiger partial charge on any atom is -0.463 e. The molecule has 0 N–H and O–H groups in total. The zero-order valence-electron chi connectivity index (χ0n) is 83.2. The minimum absolute atomic E-state index is 0.200. The molecule has 44 heteroatoms. The number of methoxy groups -OCH3 is 2. The van der Waals surface area contributed by atoms with Crippen LogP contribution in [0.2, 0.25) is 0 Å².